The molecule has 0 aliphatic carbocycles. The molecule has 2 aliphatic heterocycles. The number of piperidine rings is 1. The Balaban J connectivity index is 1.11. The van der Waals surface area contributed by atoms with Crippen molar-refractivity contribution < 1.29 is 40.8 Å². The number of aromatic nitrogens is 2. The van der Waals surface area contributed by atoms with E-state index in [9.17, 15) is 21.9 Å². The number of methoxy groups -OCH3 is 1. The fourth-order valence-electron chi connectivity index (χ4n) is 5.19. The van der Waals surface area contributed by atoms with Gasteiger partial charge in [-0.2, -0.15) is 4.31 Å². The predicted octanol–water partition coefficient (Wildman–Crippen LogP) is 0.481. The van der Waals surface area contributed by atoms with Crippen LogP contribution in [0.3, 0.4) is 0 Å². The van der Waals surface area contributed by atoms with E-state index in [0.717, 1.165) is 0 Å². The Morgan fingerprint density at radius 2 is 1.90 bits per heavy atom. The lowest BCUT2D eigenvalue weighted by molar-refractivity contribution is -0.0312. The summed E-state index contributed by atoms with van der Waals surface area (Å²) in [6.45, 7) is 1.23. The quantitative estimate of drug-likeness (QED) is 0.273. The van der Waals surface area contributed by atoms with Gasteiger partial charge in [-0.15, -0.1) is 0 Å². The van der Waals surface area contributed by atoms with Crippen molar-refractivity contribution >= 4 is 31.1 Å². The maximum Gasteiger partial charge on any atom is 0.245 e. The molecule has 0 saturated carbocycles. The highest BCUT2D eigenvalue weighted by molar-refractivity contribution is 7.89. The van der Waals surface area contributed by atoms with E-state index in [4.69, 9.17) is 18.8 Å². The summed E-state index contributed by atoms with van der Waals surface area (Å²) < 4.78 is 76.3. The summed E-state index contributed by atoms with van der Waals surface area (Å²) in [5, 5.41) is 21.3. The minimum atomic E-state index is -3.85. The molecule has 2 fully saturated rings. The van der Waals surface area contributed by atoms with Crippen LogP contribution in [-0.2, 0) is 24.8 Å². The van der Waals surface area contributed by atoms with Crippen molar-refractivity contribution in [2.24, 2.45) is 0 Å². The van der Waals surface area contributed by atoms with E-state index in [0.29, 0.717) is 37.4 Å². The Bertz CT molecular complexity index is 1590. The molecule has 2 aliphatic rings. The Morgan fingerprint density at radius 3 is 2.63 bits per heavy atom. The van der Waals surface area contributed by atoms with Gasteiger partial charge in [0.1, 0.15) is 29.1 Å². The molecule has 1 spiro atoms. The van der Waals surface area contributed by atoms with Crippen LogP contribution >= 0.6 is 0 Å². The number of ether oxygens (including phenoxy) is 3. The van der Waals surface area contributed by atoms with E-state index in [1.165, 1.54) is 42.7 Å². The van der Waals surface area contributed by atoms with Gasteiger partial charge in [-0.1, -0.05) is 6.07 Å². The van der Waals surface area contributed by atoms with E-state index >= 15 is 0 Å². The maximum atomic E-state index is 13.4. The number of benzene rings is 2. The van der Waals surface area contributed by atoms with Gasteiger partial charge in [-0.25, -0.2) is 26.2 Å². The third-order valence-corrected chi connectivity index (χ3v) is 10.8. The highest BCUT2D eigenvalue weighted by atomic mass is 32.2. The van der Waals surface area contributed by atoms with E-state index in [1.807, 2.05) is 0 Å². The van der Waals surface area contributed by atoms with Crippen LogP contribution < -0.4 is 19.5 Å². The summed E-state index contributed by atoms with van der Waals surface area (Å²) in [6.07, 6.45) is 0.894. The van der Waals surface area contributed by atoms with Gasteiger partial charge in [0.05, 0.1) is 24.2 Å². The fraction of sp³-hybridized carbons (Fsp3) is 0.520. The Morgan fingerprint density at radius 1 is 1.15 bits per heavy atom. The van der Waals surface area contributed by atoms with Crippen molar-refractivity contribution in [2.75, 3.05) is 47.0 Å². The van der Waals surface area contributed by atoms with Crippen LogP contribution in [0.2, 0.25) is 0 Å². The monoisotopic (exact) mass is 611 g/mol. The molecule has 2 saturated heterocycles. The van der Waals surface area contributed by atoms with E-state index < -0.39 is 31.8 Å². The molecule has 1 aromatic heterocycles. The van der Waals surface area contributed by atoms with Gasteiger partial charge in [-0.05, 0) is 60.9 Å². The number of aliphatic hydroxyl groups is 1. The number of fused-ring (bicyclic) bond motifs is 1. The van der Waals surface area contributed by atoms with Crippen molar-refractivity contribution in [2.45, 2.75) is 46.8 Å². The molecule has 0 amide bonds. The summed E-state index contributed by atoms with van der Waals surface area (Å²) in [5.41, 5.74) is -0.0723. The molecule has 3 N–H and O–H groups in total. The van der Waals surface area contributed by atoms with Crippen LogP contribution in [0.5, 0.6) is 11.5 Å². The summed E-state index contributed by atoms with van der Waals surface area (Å²) in [5.74, 6) is 0.710. The van der Waals surface area contributed by atoms with E-state index in [2.05, 4.69) is 20.4 Å². The Hall–Kier alpha value is -2.86. The molecule has 41 heavy (non-hydrogen) atoms. The first-order chi connectivity index (χ1) is 19.6. The van der Waals surface area contributed by atoms with Crippen molar-refractivity contribution in [3.63, 3.8) is 0 Å². The number of sulfonamides is 2. The molecule has 14 nitrogen and oxygen atoms in total. The minimum absolute atomic E-state index is 0.0145. The zero-order valence-electron chi connectivity index (χ0n) is 22.6. The second kappa shape index (κ2) is 11.8. The third-order valence-electron chi connectivity index (χ3n) is 7.49. The molecule has 5 rings (SSSR count). The molecule has 0 radical (unpaired) electrons. The Kier molecular flexibility index (Phi) is 8.52. The van der Waals surface area contributed by atoms with E-state index in [-0.39, 0.29) is 53.1 Å². The highest BCUT2D eigenvalue weighted by Gasteiger charge is 2.45. The Labute approximate surface area is 238 Å². The van der Waals surface area contributed by atoms with Crippen LogP contribution in [0, 0.1) is 0 Å². The first kappa shape index (κ1) is 29.6. The maximum absolute atomic E-state index is 13.4. The minimum Gasteiger partial charge on any atom is -0.494 e. The predicted molar refractivity (Wildman–Crippen MR) is 146 cm³/mol. The molecule has 3 aromatic rings. The zero-order valence-corrected chi connectivity index (χ0v) is 24.3. The van der Waals surface area contributed by atoms with Crippen LogP contribution in [0.25, 0.3) is 11.0 Å². The molecule has 2 atom stereocenters. The SMILES string of the molecule is CNS(=O)(=O)c1cccc(OCC(O)CNC2COC3(CCN(S(=O)(=O)c4ccc(OC)c5nonc45)CC3)C2)c1. The first-order valence-electron chi connectivity index (χ1n) is 13.1. The van der Waals surface area contributed by atoms with Gasteiger partial charge in [0.15, 0.2) is 11.0 Å². The fourth-order valence-corrected chi connectivity index (χ4v) is 7.52. The lowest BCUT2D eigenvalue weighted by Gasteiger charge is -2.38. The van der Waals surface area contributed by atoms with Crippen LogP contribution in [0.15, 0.2) is 50.8 Å². The second-order valence-electron chi connectivity index (χ2n) is 10.1. The summed E-state index contributed by atoms with van der Waals surface area (Å²) in [6, 6.07) is 9.01. The summed E-state index contributed by atoms with van der Waals surface area (Å²) in [4.78, 5) is 0.0915. The number of hydrogen-bond donors (Lipinski definition) is 3. The molecule has 224 valence electrons. The molecular formula is C25H33N5O9S2. The first-order valence-corrected chi connectivity index (χ1v) is 16.0. The van der Waals surface area contributed by atoms with Gasteiger partial charge in [0.2, 0.25) is 20.0 Å². The molecule has 3 heterocycles. The lowest BCUT2D eigenvalue weighted by Crippen LogP contribution is -2.47. The van der Waals surface area contributed by atoms with Crippen LogP contribution in [0.4, 0.5) is 0 Å². The largest absolute Gasteiger partial charge is 0.494 e. The van der Waals surface area contributed by atoms with Gasteiger partial charge in [0.25, 0.3) is 0 Å². The molecule has 2 aromatic carbocycles. The normalized spacial score (nSPS) is 20.4. The van der Waals surface area contributed by atoms with Crippen molar-refractivity contribution in [3.8, 4) is 11.5 Å². The molecule has 0 bridgehead atoms. The number of aliphatic hydroxyl groups excluding tert-OH is 1. The zero-order chi connectivity index (χ0) is 29.3. The number of rotatable bonds is 11. The van der Waals surface area contributed by atoms with Crippen LogP contribution in [-0.4, -0.2) is 101 Å². The summed E-state index contributed by atoms with van der Waals surface area (Å²) >= 11 is 0. The third kappa shape index (κ3) is 6.18. The second-order valence-corrected chi connectivity index (χ2v) is 13.9. The average molecular weight is 612 g/mol. The molecular weight excluding hydrogens is 578 g/mol. The lowest BCUT2D eigenvalue weighted by atomic mass is 9.88. The average Bonchev–Trinajstić information content (AvgIpc) is 3.62. The van der Waals surface area contributed by atoms with Crippen molar-refractivity contribution in [1.29, 1.82) is 0 Å². The van der Waals surface area contributed by atoms with Gasteiger partial charge in [-0.3, -0.25) is 0 Å². The molecule has 16 heteroatoms. The smallest absolute Gasteiger partial charge is 0.245 e. The number of nitrogens with one attached hydrogen (secondary N) is 2. The van der Waals surface area contributed by atoms with Gasteiger partial charge < -0.3 is 24.6 Å². The van der Waals surface area contributed by atoms with Crippen molar-refractivity contribution in [1.82, 2.24) is 24.7 Å². The topological polar surface area (TPSA) is 182 Å². The molecule has 2 unspecified atom stereocenters. The number of nitrogens with zero attached hydrogens (tertiary/aromatic N) is 3. The standard InChI is InChI=1S/C25H33N5O9S2/c1-26-40(32,33)20-5-3-4-19(12-20)37-16-18(31)14-27-17-13-25(38-15-17)8-10-30(11-9-25)41(34,35)22-7-6-21(36-2)23-24(22)29-39-28-23/h3-7,12,17-18,26-27,31H,8-11,13-16H2,1-2H3. The van der Waals surface area contributed by atoms with Gasteiger partial charge in [0, 0.05) is 31.7 Å². The van der Waals surface area contributed by atoms with Crippen molar-refractivity contribution in [3.05, 3.63) is 36.4 Å². The van der Waals surface area contributed by atoms with Gasteiger partial charge >= 0.3 is 0 Å². The van der Waals surface area contributed by atoms with E-state index in [1.54, 1.807) is 12.1 Å². The summed E-state index contributed by atoms with van der Waals surface area (Å²) in [7, 11) is -4.65. The highest BCUT2D eigenvalue weighted by Crippen LogP contribution is 2.38. The van der Waals surface area contributed by atoms with Crippen LogP contribution in [0.1, 0.15) is 19.3 Å². The number of hydrogen-bond acceptors (Lipinski definition) is 12.